The number of carbonyl (C=O) groups excluding carboxylic acids is 1. The first-order valence-electron chi connectivity index (χ1n) is 3.52. The molecule has 1 fully saturated rings. The molecule has 2 nitrogen and oxygen atoms in total. The van der Waals surface area contributed by atoms with E-state index in [0.717, 1.165) is 6.42 Å². The molecular weight excluding hydrogens is 158 g/mol. The van der Waals surface area contributed by atoms with Gasteiger partial charge in [-0.15, -0.1) is 11.3 Å². The fraction of sp³-hybridized carbons (Fsp3) is 0.375. The molecule has 0 bridgehead atoms. The predicted molar refractivity (Wildman–Crippen MR) is 43.6 cm³/mol. The second-order valence-electron chi connectivity index (χ2n) is 2.65. The van der Waals surface area contributed by atoms with Gasteiger partial charge in [0.25, 0.3) is 0 Å². The summed E-state index contributed by atoms with van der Waals surface area (Å²) in [7, 11) is 0. The molecule has 2 atom stereocenters. The summed E-state index contributed by atoms with van der Waals surface area (Å²) >= 11 is 1.73. The monoisotopic (exact) mass is 165 g/mol. The minimum atomic E-state index is 0.228. The first-order valence-corrected chi connectivity index (χ1v) is 4.40. The zero-order valence-corrected chi connectivity index (χ0v) is 6.67. The maximum Gasteiger partial charge on any atom is 0.235 e. The van der Waals surface area contributed by atoms with Crippen LogP contribution in [-0.4, -0.2) is 12.1 Å². The van der Waals surface area contributed by atoms with Gasteiger partial charge in [0.15, 0.2) is 0 Å². The van der Waals surface area contributed by atoms with E-state index in [9.17, 15) is 4.79 Å². The minimum Gasteiger partial charge on any atom is -0.211 e. The van der Waals surface area contributed by atoms with Crippen LogP contribution in [0, 0.1) is 0 Å². The minimum absolute atomic E-state index is 0.228. The van der Waals surface area contributed by atoms with Gasteiger partial charge in [0.05, 0.1) is 6.04 Å². The van der Waals surface area contributed by atoms with Crippen LogP contribution in [0.4, 0.5) is 0 Å². The summed E-state index contributed by atoms with van der Waals surface area (Å²) in [6, 6.07) is 4.35. The zero-order chi connectivity index (χ0) is 7.68. The Morgan fingerprint density at radius 3 is 3.27 bits per heavy atom. The van der Waals surface area contributed by atoms with Crippen LogP contribution >= 0.6 is 11.3 Å². The third-order valence-corrected chi connectivity index (χ3v) is 2.89. The fourth-order valence-electron chi connectivity index (χ4n) is 1.20. The SMILES string of the molecule is O=C=N[C@@H]1C[C@H]1c1cccs1. The summed E-state index contributed by atoms with van der Waals surface area (Å²) in [5.41, 5.74) is 0. The second-order valence-corrected chi connectivity index (χ2v) is 3.62. The van der Waals surface area contributed by atoms with Gasteiger partial charge in [-0.25, -0.2) is 9.79 Å². The highest BCUT2D eigenvalue weighted by molar-refractivity contribution is 7.10. The Hall–Kier alpha value is -0.920. The van der Waals surface area contributed by atoms with Crippen LogP contribution in [0.2, 0.25) is 0 Å². The van der Waals surface area contributed by atoms with Gasteiger partial charge in [-0.05, 0) is 17.9 Å². The topological polar surface area (TPSA) is 29.4 Å². The summed E-state index contributed by atoms with van der Waals surface area (Å²) in [4.78, 5) is 14.9. The van der Waals surface area contributed by atoms with Gasteiger partial charge >= 0.3 is 0 Å². The Morgan fingerprint density at radius 1 is 1.73 bits per heavy atom. The molecule has 2 rings (SSSR count). The third kappa shape index (κ3) is 1.25. The van der Waals surface area contributed by atoms with Gasteiger partial charge in [0.1, 0.15) is 0 Å². The molecule has 1 saturated carbocycles. The smallest absolute Gasteiger partial charge is 0.211 e. The van der Waals surface area contributed by atoms with Crippen molar-refractivity contribution in [1.82, 2.24) is 0 Å². The number of aliphatic imine (C=N–C) groups is 1. The van der Waals surface area contributed by atoms with Crippen molar-refractivity contribution in [2.75, 3.05) is 0 Å². The third-order valence-electron chi connectivity index (χ3n) is 1.88. The normalized spacial score (nSPS) is 27.6. The van der Waals surface area contributed by atoms with Gasteiger partial charge in [-0.1, -0.05) is 6.07 Å². The molecule has 11 heavy (non-hydrogen) atoms. The van der Waals surface area contributed by atoms with Crippen LogP contribution in [-0.2, 0) is 4.79 Å². The van der Waals surface area contributed by atoms with Gasteiger partial charge < -0.3 is 0 Å². The number of thiophene rings is 1. The van der Waals surface area contributed by atoms with Crippen LogP contribution in [0.3, 0.4) is 0 Å². The Kier molecular flexibility index (Phi) is 1.60. The van der Waals surface area contributed by atoms with Gasteiger partial charge in [0, 0.05) is 10.8 Å². The molecule has 0 saturated heterocycles. The lowest BCUT2D eigenvalue weighted by Gasteiger charge is -1.86. The second kappa shape index (κ2) is 2.61. The van der Waals surface area contributed by atoms with Crippen molar-refractivity contribution < 1.29 is 4.79 Å². The van der Waals surface area contributed by atoms with Crippen LogP contribution < -0.4 is 0 Å². The molecule has 1 aromatic rings. The van der Waals surface area contributed by atoms with E-state index in [1.54, 1.807) is 17.4 Å². The van der Waals surface area contributed by atoms with E-state index in [4.69, 9.17) is 0 Å². The lowest BCUT2D eigenvalue weighted by atomic mass is 10.3. The molecule has 56 valence electrons. The molecule has 0 amide bonds. The average molecular weight is 165 g/mol. The molecule has 0 spiro atoms. The number of hydrogen-bond acceptors (Lipinski definition) is 3. The van der Waals surface area contributed by atoms with Crippen LogP contribution in [0.5, 0.6) is 0 Å². The lowest BCUT2D eigenvalue weighted by Crippen LogP contribution is -1.78. The average Bonchev–Trinajstić information content (AvgIpc) is 2.61. The molecule has 0 unspecified atom stereocenters. The van der Waals surface area contributed by atoms with E-state index in [1.807, 2.05) is 6.07 Å². The molecule has 1 heterocycles. The van der Waals surface area contributed by atoms with Crippen molar-refractivity contribution in [1.29, 1.82) is 0 Å². The maximum atomic E-state index is 9.88. The van der Waals surface area contributed by atoms with Crippen molar-refractivity contribution in [3.8, 4) is 0 Å². The summed E-state index contributed by atoms with van der Waals surface area (Å²) in [6.45, 7) is 0. The number of rotatable bonds is 2. The first kappa shape index (κ1) is 6.77. The largest absolute Gasteiger partial charge is 0.235 e. The first-order chi connectivity index (χ1) is 5.42. The van der Waals surface area contributed by atoms with E-state index >= 15 is 0 Å². The molecule has 1 aromatic heterocycles. The Morgan fingerprint density at radius 2 is 2.64 bits per heavy atom. The number of hydrogen-bond donors (Lipinski definition) is 0. The zero-order valence-electron chi connectivity index (χ0n) is 5.86. The molecule has 1 aliphatic rings. The van der Waals surface area contributed by atoms with Gasteiger partial charge in [-0.3, -0.25) is 0 Å². The lowest BCUT2D eigenvalue weighted by molar-refractivity contribution is 0.562. The van der Waals surface area contributed by atoms with Crippen molar-refractivity contribution in [2.24, 2.45) is 4.99 Å². The van der Waals surface area contributed by atoms with E-state index in [2.05, 4.69) is 16.4 Å². The molecular formula is C8H7NOS. The number of nitrogens with zero attached hydrogens (tertiary/aromatic N) is 1. The molecule has 0 radical (unpaired) electrons. The van der Waals surface area contributed by atoms with E-state index in [0.29, 0.717) is 5.92 Å². The maximum absolute atomic E-state index is 9.88. The van der Waals surface area contributed by atoms with Crippen LogP contribution in [0.15, 0.2) is 22.5 Å². The van der Waals surface area contributed by atoms with Crippen molar-refractivity contribution in [3.63, 3.8) is 0 Å². The summed E-state index contributed by atoms with van der Waals surface area (Å²) in [6.07, 6.45) is 2.62. The van der Waals surface area contributed by atoms with Gasteiger partial charge in [0.2, 0.25) is 6.08 Å². The highest BCUT2D eigenvalue weighted by atomic mass is 32.1. The molecule has 1 aliphatic carbocycles. The number of isocyanates is 1. The van der Waals surface area contributed by atoms with Crippen molar-refractivity contribution in [3.05, 3.63) is 22.4 Å². The molecule has 0 N–H and O–H groups in total. The van der Waals surface area contributed by atoms with Crippen molar-refractivity contribution >= 4 is 17.4 Å². The van der Waals surface area contributed by atoms with Crippen LogP contribution in [0.1, 0.15) is 17.2 Å². The predicted octanol–water partition coefficient (Wildman–Crippen LogP) is 1.94. The summed E-state index contributed by atoms with van der Waals surface area (Å²) in [5, 5.41) is 2.05. The van der Waals surface area contributed by atoms with Crippen molar-refractivity contribution in [2.45, 2.75) is 18.4 Å². The van der Waals surface area contributed by atoms with Gasteiger partial charge in [-0.2, -0.15) is 0 Å². The standard InChI is InChI=1S/C8H7NOS/c10-5-9-7-4-6(7)8-2-1-3-11-8/h1-3,6-7H,4H2/t6-,7-/m1/s1. The van der Waals surface area contributed by atoms with E-state index in [-0.39, 0.29) is 6.04 Å². The molecule has 0 aromatic carbocycles. The summed E-state index contributed by atoms with van der Waals surface area (Å²) in [5.74, 6) is 0.511. The molecule has 0 aliphatic heterocycles. The quantitative estimate of drug-likeness (QED) is 0.486. The Labute approximate surface area is 68.6 Å². The molecule has 3 heteroatoms. The fourth-order valence-corrected chi connectivity index (χ4v) is 2.10. The highest BCUT2D eigenvalue weighted by Crippen LogP contribution is 2.44. The Balaban J connectivity index is 2.07. The van der Waals surface area contributed by atoms with E-state index in [1.165, 1.54) is 4.88 Å². The Bertz CT molecular complexity index is 287. The summed E-state index contributed by atoms with van der Waals surface area (Å²) < 4.78 is 0. The van der Waals surface area contributed by atoms with Crippen LogP contribution in [0.25, 0.3) is 0 Å². The highest BCUT2D eigenvalue weighted by Gasteiger charge is 2.39. The van der Waals surface area contributed by atoms with E-state index < -0.39 is 0 Å².